The van der Waals surface area contributed by atoms with Crippen molar-refractivity contribution in [2.45, 2.75) is 47.0 Å². The van der Waals surface area contributed by atoms with Crippen molar-refractivity contribution in [3.63, 3.8) is 0 Å². The fraction of sp³-hybridized carbons (Fsp3) is 0.156. The summed E-state index contributed by atoms with van der Waals surface area (Å²) in [5, 5.41) is 9.31. The lowest BCUT2D eigenvalue weighted by molar-refractivity contribution is 0.483. The van der Waals surface area contributed by atoms with Gasteiger partial charge in [-0.3, -0.25) is 4.57 Å². The quantitative estimate of drug-likeness (QED) is 0.183. The smallest absolute Gasteiger partial charge is 0.145 e. The molecule has 0 fully saturated rings. The summed E-state index contributed by atoms with van der Waals surface area (Å²) in [6.45, 7) is 13.1. The Morgan fingerprint density at radius 3 is 2.29 bits per heavy atom. The van der Waals surface area contributed by atoms with Crippen LogP contribution in [0.25, 0.3) is 66.5 Å². The van der Waals surface area contributed by atoms with Gasteiger partial charge in [-0.1, -0.05) is 62.7 Å². The third-order valence-electron chi connectivity index (χ3n) is 9.93. The zero-order chi connectivity index (χ0) is 35.0. The number of aryl methyl sites for hydroxylation is 3. The number of rotatable bonds is 5. The van der Waals surface area contributed by atoms with E-state index in [1.165, 1.54) is 27.8 Å². The van der Waals surface area contributed by atoms with Crippen molar-refractivity contribution in [1.82, 2.24) is 19.3 Å². The van der Waals surface area contributed by atoms with Crippen LogP contribution < -0.4 is 4.74 Å². The molecule has 6 nitrogen and oxygen atoms in total. The largest absolute Gasteiger partial charge is 0.457 e. The van der Waals surface area contributed by atoms with Gasteiger partial charge in [0.05, 0.1) is 27.8 Å². The highest BCUT2D eigenvalue weighted by molar-refractivity contribution is 6.23. The average Bonchev–Trinajstić information content (AvgIpc) is 3.82. The molecule has 0 radical (unpaired) electrons. The van der Waals surface area contributed by atoms with Crippen molar-refractivity contribution in [1.29, 1.82) is 0 Å². The van der Waals surface area contributed by atoms with E-state index in [0.717, 1.165) is 72.4 Å². The lowest BCUT2D eigenvalue weighted by atomic mass is 9.88. The molecule has 0 saturated heterocycles. The predicted molar refractivity (Wildman–Crippen MR) is 208 cm³/mol. The molecule has 0 saturated carbocycles. The van der Waals surface area contributed by atoms with Gasteiger partial charge in [0, 0.05) is 46.2 Å². The second kappa shape index (κ2) is 11.5. The van der Waals surface area contributed by atoms with E-state index in [1.807, 2.05) is 59.5 Å². The third kappa shape index (κ3) is 5.18. The van der Waals surface area contributed by atoms with Crippen LogP contribution in [0.15, 0.2) is 126 Å². The van der Waals surface area contributed by atoms with Gasteiger partial charge in [0.2, 0.25) is 0 Å². The van der Waals surface area contributed by atoms with Gasteiger partial charge in [-0.25, -0.2) is 9.67 Å². The highest BCUT2D eigenvalue weighted by Crippen LogP contribution is 2.42. The third-order valence-corrected chi connectivity index (χ3v) is 9.93. The highest BCUT2D eigenvalue weighted by Gasteiger charge is 2.22. The molecule has 0 unspecified atom stereocenters. The number of para-hydroxylation sites is 1. The molecule has 4 aromatic heterocycles. The topological polar surface area (TPSA) is 58.0 Å². The van der Waals surface area contributed by atoms with Crippen molar-refractivity contribution >= 4 is 43.7 Å². The molecule has 51 heavy (non-hydrogen) atoms. The number of furan rings is 1. The monoisotopic (exact) mass is 666 g/mol. The van der Waals surface area contributed by atoms with E-state index in [4.69, 9.17) is 19.2 Å². The molecule has 0 bridgehead atoms. The van der Waals surface area contributed by atoms with Crippen LogP contribution in [0.4, 0.5) is 0 Å². The second-order valence-electron chi connectivity index (χ2n) is 14.6. The van der Waals surface area contributed by atoms with Crippen LogP contribution in [0.5, 0.6) is 11.5 Å². The first-order valence-corrected chi connectivity index (χ1v) is 17.4. The molecule has 6 heteroatoms. The molecule has 0 N–H and O–H groups in total. The lowest BCUT2D eigenvalue weighted by Crippen LogP contribution is -2.12. The van der Waals surface area contributed by atoms with Crippen LogP contribution in [0.3, 0.4) is 0 Å². The fourth-order valence-electron chi connectivity index (χ4n) is 7.59. The van der Waals surface area contributed by atoms with E-state index >= 15 is 0 Å². The summed E-state index contributed by atoms with van der Waals surface area (Å²) in [6.07, 6.45) is 3.91. The Bertz CT molecular complexity index is 2790. The lowest BCUT2D eigenvalue weighted by Gasteiger charge is -2.20. The van der Waals surface area contributed by atoms with Crippen molar-refractivity contribution in [3.8, 4) is 34.3 Å². The van der Waals surface area contributed by atoms with Gasteiger partial charge >= 0.3 is 0 Å². The van der Waals surface area contributed by atoms with E-state index in [0.29, 0.717) is 0 Å². The van der Waals surface area contributed by atoms with E-state index in [2.05, 4.69) is 113 Å². The van der Waals surface area contributed by atoms with Crippen molar-refractivity contribution in [3.05, 3.63) is 144 Å². The molecule has 9 aromatic rings. The molecule has 0 amide bonds. The molecule has 0 aliphatic heterocycles. The minimum atomic E-state index is -0.0329. The molecule has 5 aromatic carbocycles. The number of hydrogen-bond donors (Lipinski definition) is 0. The molecule has 9 rings (SSSR count). The Kier molecular flexibility index (Phi) is 6.94. The number of benzene rings is 5. The first-order valence-electron chi connectivity index (χ1n) is 17.4. The molecular formula is C45H38N4O2. The normalized spacial score (nSPS) is 12.1. The molecule has 0 atom stereocenters. The SMILES string of the molecule is Cc1cc(C)c(-c2ccn(-c3cccc(Oc4ccc5c6c7oc8ccccc8c7ccc6n(-c6cc(C(C)(C)C)ccn6)c5c4)c3)n2)c(C)c1. The van der Waals surface area contributed by atoms with Crippen LogP contribution in [0.2, 0.25) is 0 Å². The van der Waals surface area contributed by atoms with Crippen LogP contribution in [-0.2, 0) is 5.41 Å². The van der Waals surface area contributed by atoms with Crippen LogP contribution in [0, 0.1) is 20.8 Å². The van der Waals surface area contributed by atoms with Crippen LogP contribution in [-0.4, -0.2) is 19.3 Å². The second-order valence-corrected chi connectivity index (χ2v) is 14.6. The van der Waals surface area contributed by atoms with Crippen molar-refractivity contribution in [2.75, 3.05) is 0 Å². The van der Waals surface area contributed by atoms with E-state index in [1.54, 1.807) is 0 Å². The summed E-state index contributed by atoms with van der Waals surface area (Å²) in [4.78, 5) is 4.90. The summed E-state index contributed by atoms with van der Waals surface area (Å²) >= 11 is 0. The van der Waals surface area contributed by atoms with Crippen LogP contribution in [0.1, 0.15) is 43.0 Å². The van der Waals surface area contributed by atoms with Crippen molar-refractivity contribution < 1.29 is 9.15 Å². The van der Waals surface area contributed by atoms with Gasteiger partial charge in [0.1, 0.15) is 28.5 Å². The van der Waals surface area contributed by atoms with Gasteiger partial charge in [-0.2, -0.15) is 5.10 Å². The van der Waals surface area contributed by atoms with E-state index in [-0.39, 0.29) is 5.41 Å². The molecule has 0 spiro atoms. The Labute approximate surface area is 296 Å². The molecule has 4 heterocycles. The number of nitrogens with zero attached hydrogens (tertiary/aromatic N) is 4. The summed E-state index contributed by atoms with van der Waals surface area (Å²) in [5.41, 5.74) is 11.7. The van der Waals surface area contributed by atoms with Crippen LogP contribution >= 0.6 is 0 Å². The highest BCUT2D eigenvalue weighted by atomic mass is 16.5. The Balaban J connectivity index is 1.16. The number of fused-ring (bicyclic) bond motifs is 7. The van der Waals surface area contributed by atoms with Gasteiger partial charge in [0.15, 0.2) is 0 Å². The standard InChI is InChI=1S/C45H38N4O2/c1-27-22-28(2)42(29(3)23-27)37-19-21-48(47-37)31-10-9-11-32(25-31)50-33-14-15-36-39(26-33)49(41-24-30(18-20-46-41)45(4,5)6)38-17-16-35-34-12-7-8-13-40(34)51-44(35)43(36)38/h7-26H,1-6H3. The summed E-state index contributed by atoms with van der Waals surface area (Å²) in [5.74, 6) is 2.30. The number of ether oxygens (including phenoxy) is 1. The van der Waals surface area contributed by atoms with Crippen molar-refractivity contribution in [2.24, 2.45) is 0 Å². The van der Waals surface area contributed by atoms with Gasteiger partial charge in [-0.15, -0.1) is 0 Å². The Morgan fingerprint density at radius 1 is 0.686 bits per heavy atom. The fourth-order valence-corrected chi connectivity index (χ4v) is 7.59. The van der Waals surface area contributed by atoms with Gasteiger partial charge in [0.25, 0.3) is 0 Å². The molecule has 250 valence electrons. The number of pyridine rings is 1. The maximum atomic E-state index is 6.59. The van der Waals surface area contributed by atoms with E-state index in [9.17, 15) is 0 Å². The molecular weight excluding hydrogens is 629 g/mol. The summed E-state index contributed by atoms with van der Waals surface area (Å²) in [7, 11) is 0. The summed E-state index contributed by atoms with van der Waals surface area (Å²) < 4.78 is 17.3. The molecule has 0 aliphatic rings. The maximum absolute atomic E-state index is 6.59. The average molecular weight is 667 g/mol. The molecule has 0 aliphatic carbocycles. The minimum Gasteiger partial charge on any atom is -0.457 e. The summed E-state index contributed by atoms with van der Waals surface area (Å²) in [6, 6.07) is 37.7. The number of aromatic nitrogens is 4. The first kappa shape index (κ1) is 30.9. The minimum absolute atomic E-state index is 0.0329. The zero-order valence-corrected chi connectivity index (χ0v) is 29.7. The van der Waals surface area contributed by atoms with Gasteiger partial charge < -0.3 is 9.15 Å². The van der Waals surface area contributed by atoms with E-state index < -0.39 is 0 Å². The predicted octanol–water partition coefficient (Wildman–Crippen LogP) is 11.9. The van der Waals surface area contributed by atoms with Gasteiger partial charge in [-0.05, 0) is 104 Å². The Morgan fingerprint density at radius 2 is 1.47 bits per heavy atom. The Hall–Kier alpha value is -6.14. The maximum Gasteiger partial charge on any atom is 0.145 e. The first-order chi connectivity index (χ1) is 24.6. The zero-order valence-electron chi connectivity index (χ0n) is 29.7. The number of hydrogen-bond acceptors (Lipinski definition) is 4.